The fourth-order valence-corrected chi connectivity index (χ4v) is 2.37. The Labute approximate surface area is 128 Å². The molecule has 1 aromatic rings. The van der Waals surface area contributed by atoms with Crippen molar-refractivity contribution in [2.45, 2.75) is 34.1 Å². The third-order valence-corrected chi connectivity index (χ3v) is 3.56. The molecular weight excluding hydrogens is 262 g/mol. The highest BCUT2D eigenvalue weighted by atomic mass is 16.1. The minimum absolute atomic E-state index is 0.00806. The summed E-state index contributed by atoms with van der Waals surface area (Å²) in [4.78, 5) is 14.5. The Morgan fingerprint density at radius 3 is 2.52 bits per heavy atom. The monoisotopic (exact) mass is 291 g/mol. The van der Waals surface area contributed by atoms with Crippen LogP contribution in [0.2, 0.25) is 0 Å². The van der Waals surface area contributed by atoms with Gasteiger partial charge in [0.05, 0.1) is 0 Å². The minimum atomic E-state index is 0.00806. The lowest BCUT2D eigenvalue weighted by Gasteiger charge is -2.19. The first kappa shape index (κ1) is 17.5. The van der Waals surface area contributed by atoms with Crippen LogP contribution in [0, 0.1) is 6.92 Å². The molecule has 0 aliphatic heterocycles. The molecule has 21 heavy (non-hydrogen) atoms. The number of likely N-dealkylation sites (N-methyl/N-ethyl adjacent to an activating group) is 1. The predicted molar refractivity (Wildman–Crippen MR) is 90.1 cm³/mol. The summed E-state index contributed by atoms with van der Waals surface area (Å²) >= 11 is 0. The van der Waals surface area contributed by atoms with Crippen LogP contribution >= 0.6 is 0 Å². The SMILES string of the molecule is CCCN(CC)CCNC(=O)c1ccc(NCC)c(C)c1. The summed E-state index contributed by atoms with van der Waals surface area (Å²) in [6, 6.07) is 5.80. The molecular formula is C17H29N3O. The molecule has 1 amide bonds. The van der Waals surface area contributed by atoms with Gasteiger partial charge in [-0.05, 0) is 57.1 Å². The molecule has 0 fully saturated rings. The average Bonchev–Trinajstić information content (AvgIpc) is 2.48. The Kier molecular flexibility index (Phi) is 7.83. The largest absolute Gasteiger partial charge is 0.385 e. The lowest BCUT2D eigenvalue weighted by Crippen LogP contribution is -2.35. The number of amides is 1. The molecule has 4 nitrogen and oxygen atoms in total. The molecule has 0 radical (unpaired) electrons. The summed E-state index contributed by atoms with van der Waals surface area (Å²) in [5, 5.41) is 6.28. The number of rotatable bonds is 9. The van der Waals surface area contributed by atoms with Gasteiger partial charge in [0.2, 0.25) is 0 Å². The van der Waals surface area contributed by atoms with Crippen molar-refractivity contribution in [3.63, 3.8) is 0 Å². The summed E-state index contributed by atoms with van der Waals surface area (Å²) in [6.07, 6.45) is 1.15. The van der Waals surface area contributed by atoms with Crippen molar-refractivity contribution < 1.29 is 4.79 Å². The zero-order chi connectivity index (χ0) is 15.7. The van der Waals surface area contributed by atoms with E-state index < -0.39 is 0 Å². The molecule has 0 bridgehead atoms. The predicted octanol–water partition coefficient (Wildman–Crippen LogP) is 2.89. The van der Waals surface area contributed by atoms with Crippen LogP contribution in [-0.2, 0) is 0 Å². The number of hydrogen-bond acceptors (Lipinski definition) is 3. The third kappa shape index (κ3) is 5.76. The molecule has 1 aromatic carbocycles. The number of hydrogen-bond donors (Lipinski definition) is 2. The number of carbonyl (C=O) groups is 1. The number of aryl methyl sites for hydroxylation is 1. The fraction of sp³-hybridized carbons (Fsp3) is 0.588. The number of benzene rings is 1. The van der Waals surface area contributed by atoms with E-state index in [1.165, 1.54) is 0 Å². The van der Waals surface area contributed by atoms with E-state index in [-0.39, 0.29) is 5.91 Å². The van der Waals surface area contributed by atoms with Gasteiger partial charge in [-0.2, -0.15) is 0 Å². The number of nitrogens with one attached hydrogen (secondary N) is 2. The maximum absolute atomic E-state index is 12.1. The number of carbonyl (C=O) groups excluding carboxylic acids is 1. The van der Waals surface area contributed by atoms with Crippen molar-refractivity contribution in [1.29, 1.82) is 0 Å². The van der Waals surface area contributed by atoms with Gasteiger partial charge < -0.3 is 15.5 Å². The second-order valence-electron chi connectivity index (χ2n) is 5.25. The van der Waals surface area contributed by atoms with Crippen LogP contribution in [0.5, 0.6) is 0 Å². The molecule has 2 N–H and O–H groups in total. The number of nitrogens with zero attached hydrogens (tertiary/aromatic N) is 1. The molecule has 4 heteroatoms. The van der Waals surface area contributed by atoms with Gasteiger partial charge in [0.1, 0.15) is 0 Å². The van der Waals surface area contributed by atoms with Crippen molar-refractivity contribution in [2.75, 3.05) is 38.0 Å². The molecule has 0 aliphatic carbocycles. The summed E-state index contributed by atoms with van der Waals surface area (Å²) in [6.45, 7) is 13.0. The van der Waals surface area contributed by atoms with Crippen LogP contribution < -0.4 is 10.6 Å². The van der Waals surface area contributed by atoms with Crippen LogP contribution in [0.4, 0.5) is 5.69 Å². The molecule has 0 aromatic heterocycles. The van der Waals surface area contributed by atoms with E-state index in [0.717, 1.165) is 49.4 Å². The Hall–Kier alpha value is -1.55. The summed E-state index contributed by atoms with van der Waals surface area (Å²) in [7, 11) is 0. The van der Waals surface area contributed by atoms with Crippen LogP contribution in [0.15, 0.2) is 18.2 Å². The van der Waals surface area contributed by atoms with E-state index in [4.69, 9.17) is 0 Å². The van der Waals surface area contributed by atoms with E-state index >= 15 is 0 Å². The smallest absolute Gasteiger partial charge is 0.251 e. The summed E-state index contributed by atoms with van der Waals surface area (Å²) in [5.41, 5.74) is 2.92. The zero-order valence-corrected chi connectivity index (χ0v) is 13.8. The van der Waals surface area contributed by atoms with E-state index in [2.05, 4.69) is 36.3 Å². The average molecular weight is 291 g/mol. The van der Waals surface area contributed by atoms with Gasteiger partial charge in [0.15, 0.2) is 0 Å². The second kappa shape index (κ2) is 9.40. The van der Waals surface area contributed by atoms with E-state index in [1.54, 1.807) is 0 Å². The zero-order valence-electron chi connectivity index (χ0n) is 13.8. The van der Waals surface area contributed by atoms with Crippen LogP contribution in [0.25, 0.3) is 0 Å². The van der Waals surface area contributed by atoms with Crippen molar-refractivity contribution >= 4 is 11.6 Å². The lowest BCUT2D eigenvalue weighted by molar-refractivity contribution is 0.0948. The first-order valence-electron chi connectivity index (χ1n) is 7.97. The van der Waals surface area contributed by atoms with E-state index in [9.17, 15) is 4.79 Å². The van der Waals surface area contributed by atoms with Gasteiger partial charge in [-0.25, -0.2) is 0 Å². The van der Waals surface area contributed by atoms with Crippen molar-refractivity contribution in [1.82, 2.24) is 10.2 Å². The molecule has 0 heterocycles. The summed E-state index contributed by atoms with van der Waals surface area (Å²) < 4.78 is 0. The van der Waals surface area contributed by atoms with Gasteiger partial charge in [0, 0.05) is 30.9 Å². The van der Waals surface area contributed by atoms with Gasteiger partial charge in [-0.1, -0.05) is 13.8 Å². The maximum Gasteiger partial charge on any atom is 0.251 e. The topological polar surface area (TPSA) is 44.4 Å². The molecule has 1 rings (SSSR count). The fourth-order valence-electron chi connectivity index (χ4n) is 2.37. The quantitative estimate of drug-likeness (QED) is 0.735. The van der Waals surface area contributed by atoms with Gasteiger partial charge >= 0.3 is 0 Å². The highest BCUT2D eigenvalue weighted by Gasteiger charge is 2.08. The second-order valence-corrected chi connectivity index (χ2v) is 5.25. The third-order valence-electron chi connectivity index (χ3n) is 3.56. The molecule has 0 saturated heterocycles. The van der Waals surface area contributed by atoms with Crippen molar-refractivity contribution in [2.24, 2.45) is 0 Å². The first-order chi connectivity index (χ1) is 10.1. The van der Waals surface area contributed by atoms with Crippen molar-refractivity contribution in [3.05, 3.63) is 29.3 Å². The first-order valence-corrected chi connectivity index (χ1v) is 7.97. The normalized spacial score (nSPS) is 10.7. The number of anilines is 1. The van der Waals surface area contributed by atoms with Gasteiger partial charge in [-0.15, -0.1) is 0 Å². The molecule has 0 unspecified atom stereocenters. The van der Waals surface area contributed by atoms with E-state index in [1.807, 2.05) is 25.1 Å². The minimum Gasteiger partial charge on any atom is -0.385 e. The Bertz CT molecular complexity index is 446. The van der Waals surface area contributed by atoms with Crippen LogP contribution in [0.3, 0.4) is 0 Å². The lowest BCUT2D eigenvalue weighted by atomic mass is 10.1. The Morgan fingerprint density at radius 2 is 1.95 bits per heavy atom. The van der Waals surface area contributed by atoms with Gasteiger partial charge in [0.25, 0.3) is 5.91 Å². The highest BCUT2D eigenvalue weighted by Crippen LogP contribution is 2.16. The molecule has 0 aliphatic rings. The maximum atomic E-state index is 12.1. The van der Waals surface area contributed by atoms with Crippen molar-refractivity contribution in [3.8, 4) is 0 Å². The van der Waals surface area contributed by atoms with Gasteiger partial charge in [-0.3, -0.25) is 4.79 Å². The summed E-state index contributed by atoms with van der Waals surface area (Å²) in [5.74, 6) is 0.00806. The molecule has 0 saturated carbocycles. The molecule has 0 atom stereocenters. The van der Waals surface area contributed by atoms with Crippen LogP contribution in [-0.4, -0.2) is 43.5 Å². The Morgan fingerprint density at radius 1 is 1.19 bits per heavy atom. The Balaban J connectivity index is 2.50. The molecule has 0 spiro atoms. The molecule has 118 valence electrons. The van der Waals surface area contributed by atoms with E-state index in [0.29, 0.717) is 6.54 Å². The van der Waals surface area contributed by atoms with Crippen LogP contribution in [0.1, 0.15) is 43.1 Å². The highest BCUT2D eigenvalue weighted by molar-refractivity contribution is 5.94. The standard InChI is InChI=1S/C17H29N3O/c1-5-11-20(7-3)12-10-19-17(21)15-8-9-16(18-6-2)14(4)13-15/h8-9,13,18H,5-7,10-12H2,1-4H3,(H,19,21).